The molecule has 0 aliphatic heterocycles. The van der Waals surface area contributed by atoms with E-state index in [9.17, 15) is 4.79 Å². The van der Waals surface area contributed by atoms with E-state index in [4.69, 9.17) is 0 Å². The van der Waals surface area contributed by atoms with Gasteiger partial charge in [0.25, 0.3) is 0 Å². The molecule has 1 amide bonds. The molecule has 0 radical (unpaired) electrons. The van der Waals surface area contributed by atoms with Gasteiger partial charge in [-0.25, -0.2) is 4.98 Å². The van der Waals surface area contributed by atoms with Crippen molar-refractivity contribution in [3.05, 3.63) is 41.3 Å². The number of halogens is 1. The smallest absolute Gasteiger partial charge is 0.227 e. The number of aromatic nitrogens is 3. The van der Waals surface area contributed by atoms with Crippen molar-refractivity contribution < 1.29 is 4.79 Å². The van der Waals surface area contributed by atoms with Gasteiger partial charge < -0.3 is 5.32 Å². The fourth-order valence-electron chi connectivity index (χ4n) is 1.32. The number of pyridine rings is 1. The highest BCUT2D eigenvalue weighted by molar-refractivity contribution is 9.10. The van der Waals surface area contributed by atoms with Crippen LogP contribution in [0.1, 0.15) is 6.42 Å². The highest BCUT2D eigenvalue weighted by atomic mass is 79.9. The number of aryl methyl sites for hydroxylation is 1. The lowest BCUT2D eigenvalue weighted by Crippen LogP contribution is -2.15. The third kappa shape index (κ3) is 3.39. The Morgan fingerprint density at radius 3 is 3.00 bits per heavy atom. The molecule has 2 aromatic heterocycles. The average molecular weight is 295 g/mol. The second-order valence-electron chi connectivity index (χ2n) is 3.40. The molecule has 0 fully saturated rings. The van der Waals surface area contributed by atoms with Crippen LogP contribution in [0.4, 0.5) is 5.82 Å². The van der Waals surface area contributed by atoms with Crippen LogP contribution in [0.3, 0.4) is 0 Å². The fraction of sp³-hybridized carbons (Fsp3) is 0.182. The SMILES string of the molecule is O=C(CCn1cccn1)Nc1ncccc1Br. The van der Waals surface area contributed by atoms with Gasteiger partial charge >= 0.3 is 0 Å². The Hall–Kier alpha value is -1.69. The summed E-state index contributed by atoms with van der Waals surface area (Å²) < 4.78 is 2.49. The van der Waals surface area contributed by atoms with E-state index in [1.54, 1.807) is 23.1 Å². The average Bonchev–Trinajstić information content (AvgIpc) is 2.82. The molecular formula is C11H11BrN4O. The van der Waals surface area contributed by atoms with E-state index in [-0.39, 0.29) is 5.91 Å². The van der Waals surface area contributed by atoms with Gasteiger partial charge in [0.15, 0.2) is 0 Å². The monoisotopic (exact) mass is 294 g/mol. The number of amides is 1. The van der Waals surface area contributed by atoms with Crippen molar-refractivity contribution in [3.63, 3.8) is 0 Å². The Labute approximate surface area is 107 Å². The first-order valence-corrected chi connectivity index (χ1v) is 5.93. The topological polar surface area (TPSA) is 59.8 Å². The molecule has 0 unspecified atom stereocenters. The molecule has 0 aliphatic carbocycles. The predicted octanol–water partition coefficient (Wildman–Crippen LogP) is 2.07. The van der Waals surface area contributed by atoms with Crippen molar-refractivity contribution in [2.75, 3.05) is 5.32 Å². The highest BCUT2D eigenvalue weighted by Gasteiger charge is 2.06. The van der Waals surface area contributed by atoms with Crippen molar-refractivity contribution >= 4 is 27.7 Å². The summed E-state index contributed by atoms with van der Waals surface area (Å²) in [5.74, 6) is 0.456. The summed E-state index contributed by atoms with van der Waals surface area (Å²) in [6.07, 6.45) is 5.51. The van der Waals surface area contributed by atoms with E-state index in [1.165, 1.54) is 0 Å². The Bertz CT molecular complexity index is 498. The van der Waals surface area contributed by atoms with E-state index in [0.717, 1.165) is 4.47 Å². The molecule has 0 atom stereocenters. The summed E-state index contributed by atoms with van der Waals surface area (Å²) in [4.78, 5) is 15.7. The number of nitrogens with zero attached hydrogens (tertiary/aromatic N) is 3. The minimum atomic E-state index is -0.0834. The molecule has 1 N–H and O–H groups in total. The van der Waals surface area contributed by atoms with Crippen molar-refractivity contribution in [2.45, 2.75) is 13.0 Å². The summed E-state index contributed by atoms with van der Waals surface area (Å²) >= 11 is 3.32. The van der Waals surface area contributed by atoms with Gasteiger partial charge in [0.1, 0.15) is 5.82 Å². The third-order valence-corrected chi connectivity index (χ3v) is 2.78. The molecule has 5 nitrogen and oxygen atoms in total. The fourth-order valence-corrected chi connectivity index (χ4v) is 1.68. The first-order valence-electron chi connectivity index (χ1n) is 5.13. The Morgan fingerprint density at radius 2 is 2.29 bits per heavy atom. The zero-order valence-corrected chi connectivity index (χ0v) is 10.6. The van der Waals surface area contributed by atoms with Crippen LogP contribution in [0.25, 0.3) is 0 Å². The molecule has 6 heteroatoms. The molecule has 0 saturated carbocycles. The van der Waals surface area contributed by atoms with Gasteiger partial charge in [-0.05, 0) is 34.1 Å². The minimum Gasteiger partial charge on any atom is -0.310 e. The summed E-state index contributed by atoms with van der Waals surface area (Å²) in [6.45, 7) is 0.559. The van der Waals surface area contributed by atoms with Crippen LogP contribution in [0.5, 0.6) is 0 Å². The van der Waals surface area contributed by atoms with Crippen molar-refractivity contribution in [2.24, 2.45) is 0 Å². The largest absolute Gasteiger partial charge is 0.310 e. The molecule has 0 aliphatic rings. The number of hydrogen-bond acceptors (Lipinski definition) is 3. The Kier molecular flexibility index (Phi) is 3.87. The number of rotatable bonds is 4. The zero-order valence-electron chi connectivity index (χ0n) is 9.01. The van der Waals surface area contributed by atoms with Gasteiger partial charge in [-0.15, -0.1) is 0 Å². The lowest BCUT2D eigenvalue weighted by Gasteiger charge is -2.05. The van der Waals surface area contributed by atoms with Crippen LogP contribution in [-0.4, -0.2) is 20.7 Å². The molecular weight excluding hydrogens is 284 g/mol. The number of nitrogens with one attached hydrogen (secondary N) is 1. The van der Waals surface area contributed by atoms with Gasteiger partial charge in [0, 0.05) is 31.6 Å². The Morgan fingerprint density at radius 1 is 1.41 bits per heavy atom. The third-order valence-electron chi connectivity index (χ3n) is 2.14. The lowest BCUT2D eigenvalue weighted by molar-refractivity contribution is -0.116. The molecule has 0 aromatic carbocycles. The molecule has 2 rings (SSSR count). The maximum absolute atomic E-state index is 11.6. The summed E-state index contributed by atoms with van der Waals surface area (Å²) in [7, 11) is 0. The van der Waals surface area contributed by atoms with Crippen molar-refractivity contribution in [1.29, 1.82) is 0 Å². The molecule has 0 spiro atoms. The van der Waals surface area contributed by atoms with E-state index >= 15 is 0 Å². The predicted molar refractivity (Wildman–Crippen MR) is 67.4 cm³/mol. The van der Waals surface area contributed by atoms with Crippen LogP contribution in [0.15, 0.2) is 41.3 Å². The summed E-state index contributed by atoms with van der Waals surface area (Å²) in [5.41, 5.74) is 0. The standard InChI is InChI=1S/C11H11BrN4O/c12-9-3-1-5-13-11(9)15-10(17)4-8-16-7-2-6-14-16/h1-3,5-7H,4,8H2,(H,13,15,17). The zero-order chi connectivity index (χ0) is 12.1. The van der Waals surface area contributed by atoms with Gasteiger partial charge in [0.2, 0.25) is 5.91 Å². The maximum Gasteiger partial charge on any atom is 0.227 e. The number of carbonyl (C=O) groups is 1. The van der Waals surface area contributed by atoms with Crippen molar-refractivity contribution in [3.8, 4) is 0 Å². The second kappa shape index (κ2) is 5.58. The number of hydrogen-bond donors (Lipinski definition) is 1. The lowest BCUT2D eigenvalue weighted by atomic mass is 10.4. The molecule has 17 heavy (non-hydrogen) atoms. The van der Waals surface area contributed by atoms with Crippen LogP contribution in [-0.2, 0) is 11.3 Å². The van der Waals surface area contributed by atoms with Crippen LogP contribution < -0.4 is 5.32 Å². The van der Waals surface area contributed by atoms with Gasteiger partial charge in [-0.2, -0.15) is 5.10 Å². The van der Waals surface area contributed by atoms with Gasteiger partial charge in [-0.1, -0.05) is 0 Å². The first-order chi connectivity index (χ1) is 8.25. The molecule has 88 valence electrons. The molecule has 0 bridgehead atoms. The van der Waals surface area contributed by atoms with Gasteiger partial charge in [-0.3, -0.25) is 9.48 Å². The summed E-state index contributed by atoms with van der Waals surface area (Å²) in [6, 6.07) is 5.45. The highest BCUT2D eigenvalue weighted by Crippen LogP contribution is 2.18. The number of carbonyl (C=O) groups excluding carboxylic acids is 1. The van der Waals surface area contributed by atoms with Gasteiger partial charge in [0.05, 0.1) is 4.47 Å². The van der Waals surface area contributed by atoms with Crippen molar-refractivity contribution in [1.82, 2.24) is 14.8 Å². The normalized spacial score (nSPS) is 10.2. The van der Waals surface area contributed by atoms with E-state index in [0.29, 0.717) is 18.8 Å². The second-order valence-corrected chi connectivity index (χ2v) is 4.26. The van der Waals surface area contributed by atoms with Crippen LogP contribution in [0, 0.1) is 0 Å². The Balaban J connectivity index is 1.87. The number of anilines is 1. The van der Waals surface area contributed by atoms with E-state index in [2.05, 4.69) is 31.3 Å². The quantitative estimate of drug-likeness (QED) is 0.939. The van der Waals surface area contributed by atoms with E-state index < -0.39 is 0 Å². The molecule has 2 heterocycles. The first kappa shape index (κ1) is 11.8. The van der Waals surface area contributed by atoms with E-state index in [1.807, 2.05) is 18.3 Å². The maximum atomic E-state index is 11.6. The van der Waals surface area contributed by atoms with Crippen LogP contribution in [0.2, 0.25) is 0 Å². The molecule has 2 aromatic rings. The summed E-state index contributed by atoms with van der Waals surface area (Å²) in [5, 5.41) is 6.76. The minimum absolute atomic E-state index is 0.0834. The molecule has 0 saturated heterocycles. The van der Waals surface area contributed by atoms with Crippen LogP contribution >= 0.6 is 15.9 Å².